The Labute approximate surface area is 806 Å². The molecular formula is C120H139N11O4. The summed E-state index contributed by atoms with van der Waals surface area (Å²) in [5.74, 6) is 4.26. The van der Waals surface area contributed by atoms with Crippen LogP contribution in [0.2, 0.25) is 0 Å². The third-order valence-electron chi connectivity index (χ3n) is 21.3. The van der Waals surface area contributed by atoms with E-state index in [1.165, 1.54) is 77.9 Å². The first-order valence-electron chi connectivity index (χ1n) is 43.1. The molecule has 15 heteroatoms. The summed E-state index contributed by atoms with van der Waals surface area (Å²) in [7, 11) is 0. The standard InChI is InChI=1S/C20H18.C19H22N2O2.C19H16N2O2.C18H16N2.C13H13N.2C12H12N2.7CH4.H2/c1-15-3-7-17(8-4-15)19-11-13-20(14-12-19)18-9-5-16(2)6-10-18;2*1-13-3-5-16(6-4-13)19(22)23-17-9-7-15(8-10-17)18-20-11-14(2)12-21-18;1-13-3-5-15(6-4-13)16-7-9-17(10-8-16)18-19-11-14(2)12-20-18;1-10-3-6-12(7-4-10)13-8-5-11(2)9-14-13;1-9-3-5-11(6-4-9)12-8-13-10(2)7-14-12;1-9-3-5-11(6-4-9)12-13-7-10(2)8-14-12;;;;;;;;/h3-14H,1-2H3;7-13,16H,3-6H2,1-2H3;3-12H,1-2H3;3-12H,1-2H3;3-9H,1-2H3;2*3-8H,1-2H3;7*1H4;1H. The number of aromatic nitrogens is 11. The van der Waals surface area contributed by atoms with E-state index in [9.17, 15) is 9.59 Å². The molecule has 0 aliphatic heterocycles. The van der Waals surface area contributed by atoms with Gasteiger partial charge in [0.05, 0.1) is 34.8 Å². The van der Waals surface area contributed by atoms with Crippen molar-refractivity contribution < 1.29 is 20.5 Å². The number of carbonyl (C=O) groups is 2. The van der Waals surface area contributed by atoms with Crippen molar-refractivity contribution in [1.82, 2.24) is 54.8 Å². The minimum atomic E-state index is -0.371. The van der Waals surface area contributed by atoms with Gasteiger partial charge < -0.3 is 9.47 Å². The van der Waals surface area contributed by atoms with Crippen LogP contribution in [0.1, 0.15) is 169 Å². The van der Waals surface area contributed by atoms with Gasteiger partial charge in [0, 0.05) is 96.8 Å². The molecule has 18 rings (SSSR count). The van der Waals surface area contributed by atoms with Gasteiger partial charge in [-0.05, 0) is 250 Å². The fraction of sp³-hybridized carbons (Fsp3) is 0.225. The molecule has 1 aliphatic carbocycles. The Bertz CT molecular complexity index is 5700. The highest BCUT2D eigenvalue weighted by Crippen LogP contribution is 2.32. The fourth-order valence-corrected chi connectivity index (χ4v) is 13.3. The van der Waals surface area contributed by atoms with Crippen LogP contribution in [0.4, 0.5) is 0 Å². The molecule has 0 radical (unpaired) electrons. The summed E-state index contributed by atoms with van der Waals surface area (Å²) < 4.78 is 10.9. The molecule has 1 aliphatic rings. The smallest absolute Gasteiger partial charge is 0.343 e. The third-order valence-corrected chi connectivity index (χ3v) is 21.3. The quantitative estimate of drug-likeness (QED) is 0.0781. The summed E-state index contributed by atoms with van der Waals surface area (Å²) in [5.41, 5.74) is 31.3. The zero-order valence-electron chi connectivity index (χ0n) is 75.4. The molecule has 698 valence electrons. The summed E-state index contributed by atoms with van der Waals surface area (Å²) >= 11 is 0. The van der Waals surface area contributed by atoms with Gasteiger partial charge in [0.2, 0.25) is 0 Å². The topological polar surface area (TPSA) is 194 Å². The van der Waals surface area contributed by atoms with Crippen LogP contribution in [-0.4, -0.2) is 66.8 Å². The predicted molar refractivity (Wildman–Crippen MR) is 569 cm³/mol. The van der Waals surface area contributed by atoms with Gasteiger partial charge in [0.25, 0.3) is 0 Å². The molecule has 1 saturated carbocycles. The van der Waals surface area contributed by atoms with Crippen LogP contribution in [0.25, 0.3) is 101 Å². The molecule has 6 heterocycles. The van der Waals surface area contributed by atoms with E-state index >= 15 is 0 Å². The Balaban J connectivity index is 0.000000331. The second kappa shape index (κ2) is 55.3. The lowest BCUT2D eigenvalue weighted by Gasteiger charge is -2.24. The lowest BCUT2D eigenvalue weighted by molar-refractivity contribution is -0.140. The number of esters is 2. The monoisotopic (exact) mass is 1800 g/mol. The average molecular weight is 1800 g/mol. The molecule has 0 N–H and O–H groups in total. The van der Waals surface area contributed by atoms with Gasteiger partial charge >= 0.3 is 11.9 Å². The van der Waals surface area contributed by atoms with Gasteiger partial charge in [0.1, 0.15) is 11.5 Å². The van der Waals surface area contributed by atoms with Crippen LogP contribution in [0.3, 0.4) is 0 Å². The molecule has 6 aromatic heterocycles. The summed E-state index contributed by atoms with van der Waals surface area (Å²) in [6.07, 6.45) is 24.1. The van der Waals surface area contributed by atoms with Gasteiger partial charge in [-0.3, -0.25) is 19.7 Å². The Morgan fingerprint density at radius 2 is 0.452 bits per heavy atom. The fourth-order valence-electron chi connectivity index (χ4n) is 13.3. The van der Waals surface area contributed by atoms with E-state index < -0.39 is 0 Å². The Morgan fingerprint density at radius 3 is 0.733 bits per heavy atom. The van der Waals surface area contributed by atoms with Crippen molar-refractivity contribution in [3.63, 3.8) is 0 Å². The highest BCUT2D eigenvalue weighted by Gasteiger charge is 2.26. The third kappa shape index (κ3) is 34.5. The lowest BCUT2D eigenvalue weighted by Crippen LogP contribution is -2.24. The summed E-state index contributed by atoms with van der Waals surface area (Å²) in [6.45, 7) is 28.6. The number of pyridine rings is 1. The number of ether oxygens (including phenoxy) is 2. The van der Waals surface area contributed by atoms with E-state index in [0.29, 0.717) is 28.7 Å². The number of rotatable bonds is 13. The first-order chi connectivity index (χ1) is 61.9. The highest BCUT2D eigenvalue weighted by atomic mass is 16.5. The first kappa shape index (κ1) is 110. The van der Waals surface area contributed by atoms with E-state index in [-0.39, 0.29) is 71.3 Å². The molecule has 0 amide bonds. The molecule has 135 heavy (non-hydrogen) atoms. The van der Waals surface area contributed by atoms with Crippen molar-refractivity contribution in [1.29, 1.82) is 0 Å². The second-order valence-corrected chi connectivity index (χ2v) is 32.6. The Morgan fingerprint density at radius 1 is 0.222 bits per heavy atom. The zero-order chi connectivity index (χ0) is 90.3. The molecule has 1 fully saturated rings. The molecule has 0 bridgehead atoms. The molecule has 17 aromatic rings. The lowest BCUT2D eigenvalue weighted by atomic mass is 9.83. The maximum Gasteiger partial charge on any atom is 0.343 e. The maximum atomic E-state index is 12.2. The minimum Gasteiger partial charge on any atom is -0.426 e. The molecule has 0 unspecified atom stereocenters. The van der Waals surface area contributed by atoms with Crippen molar-refractivity contribution in [2.24, 2.45) is 11.8 Å². The summed E-state index contributed by atoms with van der Waals surface area (Å²) in [5, 5.41) is 0. The van der Waals surface area contributed by atoms with Gasteiger partial charge in [-0.2, -0.15) is 0 Å². The van der Waals surface area contributed by atoms with E-state index in [4.69, 9.17) is 9.47 Å². The number of benzene rings is 11. The second-order valence-electron chi connectivity index (χ2n) is 32.6. The van der Waals surface area contributed by atoms with Gasteiger partial charge in [-0.1, -0.05) is 310 Å². The molecule has 11 aromatic carbocycles. The first-order valence-corrected chi connectivity index (χ1v) is 43.1. The van der Waals surface area contributed by atoms with E-state index in [2.05, 4.69) is 297 Å². The van der Waals surface area contributed by atoms with E-state index in [1.54, 1.807) is 61.4 Å². The Kier molecular flexibility index (Phi) is 45.2. The average Bonchev–Trinajstić information content (AvgIpc) is 1.80. The minimum absolute atomic E-state index is 0. The normalized spacial score (nSPS) is 11.6. The molecule has 15 nitrogen and oxygen atoms in total. The van der Waals surface area contributed by atoms with Crippen LogP contribution in [0.5, 0.6) is 11.5 Å². The maximum absolute atomic E-state index is 12.2. The van der Waals surface area contributed by atoms with Gasteiger partial charge in [-0.25, -0.2) is 44.7 Å². The van der Waals surface area contributed by atoms with Crippen LogP contribution >= 0.6 is 0 Å². The van der Waals surface area contributed by atoms with Crippen molar-refractivity contribution in [2.45, 2.75) is 175 Å². The van der Waals surface area contributed by atoms with Crippen molar-refractivity contribution in [3.05, 3.63) is 425 Å². The Hall–Kier alpha value is -15.1. The van der Waals surface area contributed by atoms with Crippen molar-refractivity contribution >= 4 is 11.9 Å². The highest BCUT2D eigenvalue weighted by molar-refractivity contribution is 5.91. The predicted octanol–water partition coefficient (Wildman–Crippen LogP) is 31.8. The zero-order valence-corrected chi connectivity index (χ0v) is 75.4. The van der Waals surface area contributed by atoms with Crippen LogP contribution in [-0.2, 0) is 4.79 Å². The largest absolute Gasteiger partial charge is 0.426 e. The van der Waals surface area contributed by atoms with Gasteiger partial charge in [-0.15, -0.1) is 0 Å². The molecule has 0 saturated heterocycles. The van der Waals surface area contributed by atoms with Crippen LogP contribution < -0.4 is 9.47 Å². The number of hydrogen-bond acceptors (Lipinski definition) is 15. The molecular weight excluding hydrogens is 1660 g/mol. The number of nitrogens with zero attached hydrogens (tertiary/aromatic N) is 11. The van der Waals surface area contributed by atoms with E-state index in [1.807, 2.05) is 140 Å². The van der Waals surface area contributed by atoms with Crippen molar-refractivity contribution in [3.8, 4) is 113 Å². The van der Waals surface area contributed by atoms with Gasteiger partial charge in [0.15, 0.2) is 23.3 Å². The number of carbonyl (C=O) groups excluding carboxylic acids is 2. The number of hydrogen-bond donors (Lipinski definition) is 0. The molecule has 0 spiro atoms. The summed E-state index contributed by atoms with van der Waals surface area (Å²) in [6, 6.07) is 93.9. The van der Waals surface area contributed by atoms with E-state index in [0.717, 1.165) is 116 Å². The SMILES string of the molecule is C.C.C.C.C.C.C.Cc1ccc(-c2ccc(-c3ccc(C)cc3)cc2)cc1.Cc1ccc(-c2ccc(-c3ncc(C)cn3)cc2)cc1.Cc1ccc(-c2ccc(C)cn2)cc1.Cc1ccc(-c2cnc(C)cn2)cc1.Cc1ccc(-c2ncc(C)cn2)cc1.Cc1ccc(C(=O)Oc2ccc(-c3ncc(C)cn3)cc2)cc1.Cc1cnc(-c2ccc(OC(=O)C3CCC(C)CC3)cc2)nc1.[HH]. The summed E-state index contributed by atoms with van der Waals surface area (Å²) in [4.78, 5) is 71.6. The molecule has 0 atom stereocenters. The van der Waals surface area contributed by atoms with Crippen LogP contribution in [0.15, 0.2) is 347 Å². The number of aryl methyl sites for hydroxylation is 13. The van der Waals surface area contributed by atoms with Crippen LogP contribution in [0, 0.1) is 102 Å². The van der Waals surface area contributed by atoms with Crippen molar-refractivity contribution in [2.75, 3.05) is 0 Å².